The number of halogens is 4. The Hall–Kier alpha value is -4.96. The molecule has 6 rings (SSSR count). The van der Waals surface area contributed by atoms with Crippen molar-refractivity contribution in [1.82, 2.24) is 14.9 Å². The number of rotatable bonds is 5. The van der Waals surface area contributed by atoms with Crippen molar-refractivity contribution in [1.29, 1.82) is 5.26 Å². The Balaban J connectivity index is 1.40. The molecule has 5 heterocycles. The lowest BCUT2D eigenvalue weighted by Crippen LogP contribution is -2.52. The van der Waals surface area contributed by atoms with Gasteiger partial charge in [-0.1, -0.05) is 24.2 Å². The number of amides is 3. The number of aryl methyl sites for hydroxylation is 1. The summed E-state index contributed by atoms with van der Waals surface area (Å²) >= 11 is 6.76. The van der Waals surface area contributed by atoms with E-state index < -0.39 is 41.6 Å². The van der Waals surface area contributed by atoms with Crippen LogP contribution in [0.25, 0.3) is 0 Å². The average Bonchev–Trinajstić information content (AvgIpc) is 3.54. The maximum atomic E-state index is 14.1. The number of nitrogens with zero attached hydrogens (tertiary/aromatic N) is 7. The molecule has 0 N–H and O–H groups in total. The largest absolute Gasteiger partial charge is 0.416 e. The van der Waals surface area contributed by atoms with Crippen LogP contribution in [0.3, 0.4) is 0 Å². The highest BCUT2D eigenvalue weighted by molar-refractivity contribution is 6.34. The molecule has 242 valence electrons. The normalized spacial score (nSPS) is 20.7. The Morgan fingerprint density at radius 1 is 1.23 bits per heavy atom. The summed E-state index contributed by atoms with van der Waals surface area (Å²) < 4.78 is 41.2. The SMILES string of the molecule is C=CC(=O)N1Cc2cc(CN3C[C@H]4CC(=O)N(c5cc(C(F)(F)F)cc(C)n5)[C@@H]4C(=O)N(C)c4cccc(Cl)c43)cnc2[C@@H]1CC#N. The van der Waals surface area contributed by atoms with Crippen LogP contribution in [0.15, 0.2) is 55.3 Å². The molecule has 0 radical (unpaired) electrons. The first-order chi connectivity index (χ1) is 22.3. The van der Waals surface area contributed by atoms with E-state index in [0.29, 0.717) is 22.1 Å². The Morgan fingerprint density at radius 2 is 2.00 bits per heavy atom. The number of anilines is 3. The van der Waals surface area contributed by atoms with Crippen LogP contribution in [0, 0.1) is 24.2 Å². The molecule has 0 aliphatic carbocycles. The number of alkyl halides is 3. The van der Waals surface area contributed by atoms with Crippen molar-refractivity contribution in [2.75, 3.05) is 28.3 Å². The first-order valence-electron chi connectivity index (χ1n) is 14.8. The van der Waals surface area contributed by atoms with Gasteiger partial charge < -0.3 is 14.7 Å². The quantitative estimate of drug-likeness (QED) is 0.339. The number of likely N-dealkylation sites (N-methyl/N-ethyl adjacent to an activating group) is 1. The van der Waals surface area contributed by atoms with E-state index in [1.807, 2.05) is 11.0 Å². The average molecular weight is 664 g/mol. The fraction of sp³-hybridized carbons (Fsp3) is 0.333. The van der Waals surface area contributed by atoms with Gasteiger partial charge in [0, 0.05) is 50.9 Å². The number of nitriles is 1. The van der Waals surface area contributed by atoms with Crippen molar-refractivity contribution < 1.29 is 27.6 Å². The van der Waals surface area contributed by atoms with E-state index >= 15 is 0 Å². The van der Waals surface area contributed by atoms with Crippen LogP contribution < -0.4 is 14.7 Å². The first-order valence-corrected chi connectivity index (χ1v) is 15.2. The molecule has 0 unspecified atom stereocenters. The topological polar surface area (TPSA) is 114 Å². The molecule has 3 aromatic rings. The van der Waals surface area contributed by atoms with Gasteiger partial charge in [0.2, 0.25) is 17.7 Å². The number of carbonyl (C=O) groups is 3. The summed E-state index contributed by atoms with van der Waals surface area (Å²) in [4.78, 5) is 55.0. The van der Waals surface area contributed by atoms with Gasteiger partial charge in [-0.3, -0.25) is 24.3 Å². The Kier molecular flexibility index (Phi) is 8.17. The van der Waals surface area contributed by atoms with Gasteiger partial charge in [-0.2, -0.15) is 18.4 Å². The van der Waals surface area contributed by atoms with E-state index in [-0.39, 0.29) is 49.9 Å². The third kappa shape index (κ3) is 5.67. The van der Waals surface area contributed by atoms with Crippen LogP contribution in [0.4, 0.5) is 30.4 Å². The monoisotopic (exact) mass is 663 g/mol. The van der Waals surface area contributed by atoms with E-state index in [4.69, 9.17) is 11.6 Å². The van der Waals surface area contributed by atoms with E-state index in [9.17, 15) is 32.8 Å². The minimum Gasteiger partial charge on any atom is -0.364 e. The molecule has 0 saturated carbocycles. The van der Waals surface area contributed by atoms with Crippen LogP contribution in [0.1, 0.15) is 47.0 Å². The Bertz CT molecular complexity index is 1860. The number of hydrogen-bond donors (Lipinski definition) is 0. The lowest BCUT2D eigenvalue weighted by molar-refractivity contribution is -0.137. The van der Waals surface area contributed by atoms with Crippen LogP contribution in [-0.2, 0) is 33.6 Å². The zero-order valence-corrected chi connectivity index (χ0v) is 26.2. The highest BCUT2D eigenvalue weighted by Gasteiger charge is 2.49. The molecule has 1 saturated heterocycles. The molecule has 1 aromatic carbocycles. The highest BCUT2D eigenvalue weighted by atomic mass is 35.5. The summed E-state index contributed by atoms with van der Waals surface area (Å²) in [6.07, 6.45) is -1.84. The van der Waals surface area contributed by atoms with Crippen molar-refractivity contribution in [2.45, 2.75) is 51.1 Å². The van der Waals surface area contributed by atoms with E-state index in [1.54, 1.807) is 36.3 Å². The van der Waals surface area contributed by atoms with Crippen molar-refractivity contribution in [2.24, 2.45) is 5.92 Å². The van der Waals surface area contributed by atoms with Crippen molar-refractivity contribution in [3.63, 3.8) is 0 Å². The van der Waals surface area contributed by atoms with Gasteiger partial charge in [0.25, 0.3) is 0 Å². The molecular weight excluding hydrogens is 635 g/mol. The summed E-state index contributed by atoms with van der Waals surface area (Å²) in [6, 6.07) is 9.19. The van der Waals surface area contributed by atoms with E-state index in [2.05, 4.69) is 22.6 Å². The number of carbonyl (C=O) groups excluding carboxylic acids is 3. The molecule has 1 fully saturated rings. The number of aromatic nitrogens is 2. The minimum absolute atomic E-state index is 0.0611. The van der Waals surface area contributed by atoms with Crippen LogP contribution >= 0.6 is 11.6 Å². The number of fused-ring (bicyclic) bond motifs is 3. The second-order valence-corrected chi connectivity index (χ2v) is 12.3. The van der Waals surface area contributed by atoms with Crippen molar-refractivity contribution >= 4 is 46.5 Å². The molecule has 10 nitrogen and oxygen atoms in total. The van der Waals surface area contributed by atoms with Gasteiger partial charge in [0.1, 0.15) is 11.9 Å². The van der Waals surface area contributed by atoms with Crippen LogP contribution in [0.2, 0.25) is 5.02 Å². The molecule has 0 spiro atoms. The highest BCUT2D eigenvalue weighted by Crippen LogP contribution is 2.44. The van der Waals surface area contributed by atoms with Gasteiger partial charge in [-0.15, -0.1) is 0 Å². The minimum atomic E-state index is -4.67. The number of para-hydroxylation sites is 1. The number of hydrogen-bond acceptors (Lipinski definition) is 7. The van der Waals surface area contributed by atoms with E-state index in [0.717, 1.165) is 28.2 Å². The molecule has 3 atom stereocenters. The van der Waals surface area contributed by atoms with Gasteiger partial charge in [0.15, 0.2) is 0 Å². The lowest BCUT2D eigenvalue weighted by atomic mass is 9.95. The summed E-state index contributed by atoms with van der Waals surface area (Å²) in [6.45, 7) is 5.63. The molecule has 0 bridgehead atoms. The van der Waals surface area contributed by atoms with Gasteiger partial charge >= 0.3 is 6.18 Å². The number of benzene rings is 1. The van der Waals surface area contributed by atoms with E-state index in [1.165, 1.54) is 17.9 Å². The summed E-state index contributed by atoms with van der Waals surface area (Å²) in [5, 5.41) is 9.75. The Morgan fingerprint density at radius 3 is 2.70 bits per heavy atom. The van der Waals surface area contributed by atoms with Gasteiger partial charge in [0.05, 0.1) is 46.2 Å². The zero-order chi connectivity index (χ0) is 33.8. The van der Waals surface area contributed by atoms with Crippen LogP contribution in [0.5, 0.6) is 0 Å². The maximum Gasteiger partial charge on any atom is 0.416 e. The molecular formula is C33H29ClF3N7O3. The summed E-state index contributed by atoms with van der Waals surface area (Å²) in [7, 11) is 1.54. The third-order valence-corrected chi connectivity index (χ3v) is 9.14. The van der Waals surface area contributed by atoms with Crippen LogP contribution in [-0.4, -0.2) is 52.2 Å². The standard InChI is InChI=1S/C33H29ClF3N7O3/c1-4-27(45)43-17-20-11-19(14-39-29(20)24(43)8-9-38)15-42-16-21-12-28(46)44(26-13-22(33(35,36)37)10-18(2)40-26)30(21)32(47)41(3)25-7-5-6-23(34)31(25)42/h4-7,10-11,13-14,21,24,30H,1,8,12,15-17H2,2-3H3/t21-,24+,30+/m1/s1. The van der Waals surface area contributed by atoms with Crippen molar-refractivity contribution in [3.05, 3.63) is 88.4 Å². The predicted molar refractivity (Wildman–Crippen MR) is 167 cm³/mol. The second kappa shape index (κ2) is 12.0. The molecule has 3 aliphatic rings. The smallest absolute Gasteiger partial charge is 0.364 e. The molecule has 3 amide bonds. The lowest BCUT2D eigenvalue weighted by Gasteiger charge is -2.39. The molecule has 3 aliphatic heterocycles. The third-order valence-electron chi connectivity index (χ3n) is 8.83. The van der Waals surface area contributed by atoms with Gasteiger partial charge in [-0.25, -0.2) is 4.98 Å². The fourth-order valence-corrected chi connectivity index (χ4v) is 7.08. The fourth-order valence-electron chi connectivity index (χ4n) is 6.80. The maximum absolute atomic E-state index is 14.1. The molecule has 14 heteroatoms. The Labute approximate surface area is 273 Å². The number of pyridine rings is 2. The predicted octanol–water partition coefficient (Wildman–Crippen LogP) is 5.34. The summed E-state index contributed by atoms with van der Waals surface area (Å²) in [5.41, 5.74) is 2.27. The second-order valence-electron chi connectivity index (χ2n) is 11.8. The first kappa shape index (κ1) is 32.0. The summed E-state index contributed by atoms with van der Waals surface area (Å²) in [5.74, 6) is -2.16. The molecule has 2 aromatic heterocycles. The molecule has 47 heavy (non-hydrogen) atoms. The zero-order valence-electron chi connectivity index (χ0n) is 25.5. The van der Waals surface area contributed by atoms with Gasteiger partial charge in [-0.05, 0) is 54.5 Å². The van der Waals surface area contributed by atoms with Crippen molar-refractivity contribution in [3.8, 4) is 6.07 Å².